The van der Waals surface area contributed by atoms with Gasteiger partial charge in [0.25, 0.3) is 0 Å². The summed E-state index contributed by atoms with van der Waals surface area (Å²) in [6.45, 7) is 0. The molecule has 0 amide bonds. The summed E-state index contributed by atoms with van der Waals surface area (Å²) in [6, 6.07) is -0.318. The Morgan fingerprint density at radius 1 is 1.38 bits per heavy atom. The van der Waals surface area contributed by atoms with Gasteiger partial charge < -0.3 is 0 Å². The molecule has 0 aliphatic carbocycles. The molecule has 0 unspecified atom stereocenters. The van der Waals surface area contributed by atoms with Crippen LogP contribution < -0.4 is 0 Å². The van der Waals surface area contributed by atoms with Gasteiger partial charge in [-0.1, -0.05) is 0 Å². The second kappa shape index (κ2) is 3.59. The Kier molecular flexibility index (Phi) is 1.30. The Bertz CT molecular complexity index is 642. The molecular formula is C8H5Br2N3. The lowest BCUT2D eigenvalue weighted by molar-refractivity contribution is 0.859. The van der Waals surface area contributed by atoms with Crippen LogP contribution in [-0.4, -0.2) is 14.8 Å². The number of halogens is 2. The van der Waals surface area contributed by atoms with Gasteiger partial charge in [0, 0.05) is 16.8 Å². The molecule has 0 aromatic carbocycles. The predicted octanol–water partition coefficient (Wildman–Crippen LogP) is 2.79. The fourth-order valence-electron chi connectivity index (χ4n) is 0.749. The van der Waals surface area contributed by atoms with Crippen LogP contribution in [0.1, 0.15) is 6.85 Å². The first-order valence-corrected chi connectivity index (χ1v) is 4.78. The van der Waals surface area contributed by atoms with Crippen LogP contribution in [0.3, 0.4) is 0 Å². The Hall–Kier alpha value is -0.680. The molecule has 0 N–H and O–H groups in total. The molecule has 0 radical (unpaired) electrons. The molecule has 0 saturated heterocycles. The standard InChI is InChI=1S/C8H5Br2N3/c9-6-1-3-11-5-7(6)13-4-2-8(10)12-13/h1-5H/i1D,2D,3D,4D,5D. The lowest BCUT2D eigenvalue weighted by Gasteiger charge is -2.01. The van der Waals surface area contributed by atoms with E-state index >= 15 is 0 Å². The van der Waals surface area contributed by atoms with E-state index in [1.165, 1.54) is 0 Å². The van der Waals surface area contributed by atoms with Gasteiger partial charge in [-0.25, -0.2) is 4.68 Å². The van der Waals surface area contributed by atoms with Crippen molar-refractivity contribution in [2.75, 3.05) is 0 Å². The SMILES string of the molecule is [2H]c1nc([2H])c(-n2nc(Br)c([2H])c2[2H])c(Br)c1[2H]. The highest BCUT2D eigenvalue weighted by atomic mass is 79.9. The summed E-state index contributed by atoms with van der Waals surface area (Å²) in [5.41, 5.74) is 0.0696. The third kappa shape index (κ3) is 1.81. The molecule has 0 fully saturated rings. The van der Waals surface area contributed by atoms with E-state index in [1.807, 2.05) is 0 Å². The zero-order chi connectivity index (χ0) is 13.6. The van der Waals surface area contributed by atoms with Crippen LogP contribution in [0.25, 0.3) is 5.69 Å². The Labute approximate surface area is 99.1 Å². The molecule has 2 rings (SSSR count). The molecule has 0 spiro atoms. The molecule has 66 valence electrons. The minimum Gasteiger partial charge on any atom is -0.262 e. The van der Waals surface area contributed by atoms with E-state index in [0.29, 0.717) is 0 Å². The van der Waals surface area contributed by atoms with Gasteiger partial charge in [0.05, 0.1) is 18.7 Å². The summed E-state index contributed by atoms with van der Waals surface area (Å²) < 4.78 is 39.3. The number of hydrogen-bond acceptors (Lipinski definition) is 2. The topological polar surface area (TPSA) is 30.7 Å². The van der Waals surface area contributed by atoms with Crippen molar-refractivity contribution >= 4 is 31.9 Å². The molecule has 13 heavy (non-hydrogen) atoms. The first-order chi connectivity index (χ1) is 8.34. The summed E-state index contributed by atoms with van der Waals surface area (Å²) in [4.78, 5) is 3.59. The van der Waals surface area contributed by atoms with Crippen molar-refractivity contribution in [1.82, 2.24) is 14.8 Å². The lowest BCUT2D eigenvalue weighted by Crippen LogP contribution is -1.95. The predicted molar refractivity (Wildman–Crippen MR) is 56.8 cm³/mol. The highest BCUT2D eigenvalue weighted by Gasteiger charge is 2.02. The molecular weight excluding hydrogens is 298 g/mol. The summed E-state index contributed by atoms with van der Waals surface area (Å²) >= 11 is 6.12. The minimum absolute atomic E-state index is 0.0696. The summed E-state index contributed by atoms with van der Waals surface area (Å²) in [7, 11) is 0. The second-order valence-electron chi connectivity index (χ2n) is 2.06. The Morgan fingerprint density at radius 2 is 2.23 bits per heavy atom. The van der Waals surface area contributed by atoms with Gasteiger partial charge in [-0.2, -0.15) is 5.10 Å². The fraction of sp³-hybridized carbons (Fsp3) is 0. The highest BCUT2D eigenvalue weighted by Crippen LogP contribution is 2.19. The third-order valence-corrected chi connectivity index (χ3v) is 2.19. The van der Waals surface area contributed by atoms with E-state index in [2.05, 4.69) is 41.9 Å². The molecule has 0 atom stereocenters. The monoisotopic (exact) mass is 306 g/mol. The van der Waals surface area contributed by atoms with Crippen molar-refractivity contribution in [1.29, 1.82) is 0 Å². The van der Waals surface area contributed by atoms with E-state index in [-0.39, 0.29) is 45.4 Å². The highest BCUT2D eigenvalue weighted by molar-refractivity contribution is 9.10. The largest absolute Gasteiger partial charge is 0.262 e. The quantitative estimate of drug-likeness (QED) is 0.811. The number of aromatic nitrogens is 3. The number of pyridine rings is 1. The number of rotatable bonds is 1. The Balaban J connectivity index is 2.79. The second-order valence-corrected chi connectivity index (χ2v) is 3.61. The van der Waals surface area contributed by atoms with Gasteiger partial charge in [0.15, 0.2) is 0 Å². The molecule has 3 nitrogen and oxygen atoms in total. The summed E-state index contributed by atoms with van der Waals surface area (Å²) in [6.07, 6.45) is -0.846. The molecule has 0 saturated carbocycles. The first kappa shape index (κ1) is 4.70. The van der Waals surface area contributed by atoms with Crippen LogP contribution in [0.15, 0.2) is 39.7 Å². The zero-order valence-electron chi connectivity index (χ0n) is 11.1. The van der Waals surface area contributed by atoms with Gasteiger partial charge in [0.1, 0.15) is 4.60 Å². The maximum atomic E-state index is 7.71. The van der Waals surface area contributed by atoms with E-state index < -0.39 is 0 Å². The van der Waals surface area contributed by atoms with Crippen molar-refractivity contribution in [3.8, 4) is 5.69 Å². The average Bonchev–Trinajstić information content (AvgIpc) is 2.55. The molecule has 0 bridgehead atoms. The fourth-order valence-corrected chi connectivity index (χ4v) is 1.34. The summed E-state index contributed by atoms with van der Waals surface area (Å²) in [5.74, 6) is 0. The van der Waals surface area contributed by atoms with Gasteiger partial charge in [0.2, 0.25) is 0 Å². The smallest absolute Gasteiger partial charge is 0.128 e. The number of nitrogens with zero attached hydrogens (tertiary/aromatic N) is 3. The van der Waals surface area contributed by atoms with Crippen molar-refractivity contribution in [2.24, 2.45) is 0 Å². The van der Waals surface area contributed by atoms with E-state index in [4.69, 9.17) is 6.85 Å². The normalized spacial score (nSPS) is 15.7. The van der Waals surface area contributed by atoms with Crippen molar-refractivity contribution in [2.45, 2.75) is 0 Å². The minimum atomic E-state index is -0.334. The maximum Gasteiger partial charge on any atom is 0.128 e. The molecule has 0 aliphatic heterocycles. The third-order valence-electron chi connectivity index (χ3n) is 1.26. The van der Waals surface area contributed by atoms with Crippen LogP contribution in [0.2, 0.25) is 0 Å². The van der Waals surface area contributed by atoms with E-state index in [9.17, 15) is 0 Å². The van der Waals surface area contributed by atoms with Crippen molar-refractivity contribution in [3.05, 3.63) is 39.7 Å². The molecule has 5 heteroatoms. The number of hydrogen-bond donors (Lipinski definition) is 0. The molecule has 2 heterocycles. The molecule has 0 aliphatic rings. The van der Waals surface area contributed by atoms with Crippen LogP contribution in [0.4, 0.5) is 0 Å². The van der Waals surface area contributed by atoms with Crippen LogP contribution in [-0.2, 0) is 0 Å². The first-order valence-electron chi connectivity index (χ1n) is 5.70. The van der Waals surface area contributed by atoms with Crippen LogP contribution in [0, 0.1) is 0 Å². The van der Waals surface area contributed by atoms with Gasteiger partial charge in [-0.05, 0) is 43.9 Å². The van der Waals surface area contributed by atoms with Gasteiger partial charge >= 0.3 is 0 Å². The van der Waals surface area contributed by atoms with Gasteiger partial charge in [-0.3, -0.25) is 4.98 Å². The van der Waals surface area contributed by atoms with Crippen molar-refractivity contribution in [3.63, 3.8) is 0 Å². The van der Waals surface area contributed by atoms with Gasteiger partial charge in [-0.15, -0.1) is 0 Å². The van der Waals surface area contributed by atoms with E-state index in [1.54, 1.807) is 0 Å². The Morgan fingerprint density at radius 3 is 2.92 bits per heavy atom. The molecule has 2 aromatic heterocycles. The zero-order valence-corrected chi connectivity index (χ0v) is 9.27. The lowest BCUT2D eigenvalue weighted by atomic mass is 10.4. The summed E-state index contributed by atoms with van der Waals surface area (Å²) in [5, 5.41) is 3.90. The maximum absolute atomic E-state index is 7.71. The van der Waals surface area contributed by atoms with Crippen LogP contribution >= 0.6 is 31.9 Å². The van der Waals surface area contributed by atoms with E-state index in [0.717, 1.165) is 4.68 Å². The average molecular weight is 308 g/mol. The van der Waals surface area contributed by atoms with Crippen molar-refractivity contribution < 1.29 is 6.85 Å². The molecule has 2 aromatic rings. The van der Waals surface area contributed by atoms with Crippen LogP contribution in [0.5, 0.6) is 0 Å².